The number of fused-ring (bicyclic) bond motifs is 1. The van der Waals surface area contributed by atoms with Crippen LogP contribution in [0, 0.1) is 40.9 Å². The number of hydrogen-bond acceptors (Lipinski definition) is 8. The van der Waals surface area contributed by atoms with Crippen LogP contribution in [0.2, 0.25) is 5.02 Å². The number of anilines is 2. The molecule has 1 aliphatic carbocycles. The standard InChI is InChI=1S/C28H24ClF4N9/c1-15-18(4-5-22(30)38-15)25(21-12-42(41-40-21)27(6-7-27)28(31,32)33)39-17-8-19-23(37-14-26(2,3)13-35)16(10-34)11-36-24(19)20(29)9-17/h4-5,8-9,11-12,25,39H,6-7,14H2,1-3H3,(H,36,37). The smallest absolute Gasteiger partial charge is 0.382 e. The highest BCUT2D eigenvalue weighted by Gasteiger charge is 2.66. The molecule has 42 heavy (non-hydrogen) atoms. The first-order valence-electron chi connectivity index (χ1n) is 12.8. The lowest BCUT2D eigenvalue weighted by molar-refractivity contribution is -0.182. The number of halogens is 5. The van der Waals surface area contributed by atoms with Crippen molar-refractivity contribution in [1.29, 1.82) is 10.5 Å². The fourth-order valence-corrected chi connectivity index (χ4v) is 4.94. The maximum Gasteiger partial charge on any atom is 0.413 e. The Morgan fingerprint density at radius 1 is 1.19 bits per heavy atom. The molecule has 1 unspecified atom stereocenters. The van der Waals surface area contributed by atoms with Gasteiger partial charge in [-0.3, -0.25) is 4.98 Å². The molecule has 0 aliphatic heterocycles. The molecule has 3 heterocycles. The first-order valence-corrected chi connectivity index (χ1v) is 13.2. The number of aryl methyl sites for hydroxylation is 1. The first kappa shape index (κ1) is 29.0. The first-order chi connectivity index (χ1) is 19.8. The van der Waals surface area contributed by atoms with Crippen LogP contribution in [-0.4, -0.2) is 37.7 Å². The number of alkyl halides is 3. The molecule has 4 aromatic rings. The summed E-state index contributed by atoms with van der Waals surface area (Å²) in [5.74, 6) is -0.715. The molecule has 0 bridgehead atoms. The Morgan fingerprint density at radius 3 is 2.55 bits per heavy atom. The van der Waals surface area contributed by atoms with Crippen LogP contribution in [0.15, 0.2) is 36.7 Å². The predicted octanol–water partition coefficient (Wildman–Crippen LogP) is 6.41. The molecule has 2 N–H and O–H groups in total. The van der Waals surface area contributed by atoms with Crippen molar-refractivity contribution in [2.75, 3.05) is 17.2 Å². The highest BCUT2D eigenvalue weighted by molar-refractivity contribution is 6.35. The maximum atomic E-state index is 13.9. The Morgan fingerprint density at radius 2 is 1.93 bits per heavy atom. The summed E-state index contributed by atoms with van der Waals surface area (Å²) in [6, 6.07) is 9.27. The summed E-state index contributed by atoms with van der Waals surface area (Å²) in [4.78, 5) is 8.20. The number of nitrogens with zero attached hydrogens (tertiary/aromatic N) is 7. The maximum absolute atomic E-state index is 13.9. The summed E-state index contributed by atoms with van der Waals surface area (Å²) in [6.45, 7) is 5.29. The number of rotatable bonds is 8. The Kier molecular flexibility index (Phi) is 7.19. The second-order valence-corrected chi connectivity index (χ2v) is 11.3. The number of pyridine rings is 2. The van der Waals surface area contributed by atoms with Gasteiger partial charge in [-0.05, 0) is 51.8 Å². The van der Waals surface area contributed by atoms with E-state index in [0.29, 0.717) is 33.5 Å². The number of benzene rings is 1. The molecule has 5 rings (SSSR count). The van der Waals surface area contributed by atoms with E-state index in [1.807, 2.05) is 0 Å². The van der Waals surface area contributed by atoms with Gasteiger partial charge in [-0.15, -0.1) is 5.10 Å². The molecule has 0 spiro atoms. The van der Waals surface area contributed by atoms with Gasteiger partial charge >= 0.3 is 6.18 Å². The summed E-state index contributed by atoms with van der Waals surface area (Å²) < 4.78 is 56.1. The van der Waals surface area contributed by atoms with E-state index >= 15 is 0 Å². The summed E-state index contributed by atoms with van der Waals surface area (Å²) in [7, 11) is 0. The van der Waals surface area contributed by atoms with E-state index in [4.69, 9.17) is 11.6 Å². The second kappa shape index (κ2) is 10.4. The van der Waals surface area contributed by atoms with Gasteiger partial charge in [0.05, 0.1) is 45.5 Å². The summed E-state index contributed by atoms with van der Waals surface area (Å²) >= 11 is 6.61. The van der Waals surface area contributed by atoms with Gasteiger partial charge in [0.15, 0.2) is 5.54 Å². The highest BCUT2D eigenvalue weighted by atomic mass is 35.5. The van der Waals surface area contributed by atoms with Gasteiger partial charge in [0.25, 0.3) is 0 Å². The van der Waals surface area contributed by atoms with Crippen molar-refractivity contribution in [2.24, 2.45) is 5.41 Å². The van der Waals surface area contributed by atoms with E-state index < -0.39 is 29.1 Å². The van der Waals surface area contributed by atoms with Crippen LogP contribution in [-0.2, 0) is 5.54 Å². The number of hydrogen-bond donors (Lipinski definition) is 2. The van der Waals surface area contributed by atoms with Crippen molar-refractivity contribution < 1.29 is 17.6 Å². The molecule has 1 saturated carbocycles. The molecule has 3 aromatic heterocycles. The normalized spacial score (nSPS) is 15.1. The Hall–Kier alpha value is -4.49. The number of nitrogens with one attached hydrogen (secondary N) is 2. The fourth-order valence-electron chi connectivity index (χ4n) is 4.67. The van der Waals surface area contributed by atoms with Crippen molar-refractivity contribution in [3.05, 3.63) is 70.1 Å². The Bertz CT molecular complexity index is 1760. The van der Waals surface area contributed by atoms with Crippen molar-refractivity contribution >= 4 is 33.9 Å². The van der Waals surface area contributed by atoms with Gasteiger partial charge in [-0.25, -0.2) is 9.67 Å². The van der Waals surface area contributed by atoms with Gasteiger partial charge in [-0.1, -0.05) is 22.9 Å². The lowest BCUT2D eigenvalue weighted by Crippen LogP contribution is -2.35. The molecule has 0 saturated heterocycles. The van der Waals surface area contributed by atoms with Crippen LogP contribution in [0.25, 0.3) is 10.9 Å². The zero-order valence-electron chi connectivity index (χ0n) is 22.7. The van der Waals surface area contributed by atoms with E-state index in [-0.39, 0.29) is 35.7 Å². The van der Waals surface area contributed by atoms with Crippen LogP contribution in [0.5, 0.6) is 0 Å². The quantitative estimate of drug-likeness (QED) is 0.176. The lowest BCUT2D eigenvalue weighted by Gasteiger charge is -2.22. The fraction of sp³-hybridized carbons (Fsp3) is 0.357. The monoisotopic (exact) mass is 597 g/mol. The minimum absolute atomic E-state index is 0.110. The molecule has 1 atom stereocenters. The predicted molar refractivity (Wildman–Crippen MR) is 147 cm³/mol. The molecule has 1 aliphatic rings. The third kappa shape index (κ3) is 5.28. The van der Waals surface area contributed by atoms with Crippen molar-refractivity contribution in [2.45, 2.75) is 51.4 Å². The zero-order valence-corrected chi connectivity index (χ0v) is 23.4. The van der Waals surface area contributed by atoms with E-state index in [2.05, 4.69) is 43.1 Å². The number of nitriles is 2. The van der Waals surface area contributed by atoms with Gasteiger partial charge in [-0.2, -0.15) is 28.1 Å². The van der Waals surface area contributed by atoms with Crippen molar-refractivity contribution in [3.8, 4) is 12.1 Å². The van der Waals surface area contributed by atoms with Gasteiger partial charge < -0.3 is 10.6 Å². The van der Waals surface area contributed by atoms with E-state index in [0.717, 1.165) is 10.7 Å². The van der Waals surface area contributed by atoms with Crippen LogP contribution in [0.1, 0.15) is 55.2 Å². The number of aromatic nitrogens is 5. The van der Waals surface area contributed by atoms with E-state index in [1.54, 1.807) is 32.9 Å². The molecule has 216 valence electrons. The van der Waals surface area contributed by atoms with Gasteiger partial charge in [0.2, 0.25) is 5.95 Å². The van der Waals surface area contributed by atoms with E-state index in [1.165, 1.54) is 18.5 Å². The minimum atomic E-state index is -4.50. The van der Waals surface area contributed by atoms with Crippen LogP contribution < -0.4 is 10.6 Å². The summed E-state index contributed by atoms with van der Waals surface area (Å²) in [5.41, 5.74) is -0.521. The third-order valence-corrected chi connectivity index (χ3v) is 7.55. The van der Waals surface area contributed by atoms with Crippen molar-refractivity contribution in [3.63, 3.8) is 0 Å². The molecule has 14 heteroatoms. The molecule has 1 aromatic carbocycles. The minimum Gasteiger partial charge on any atom is -0.382 e. The summed E-state index contributed by atoms with van der Waals surface area (Å²) in [6.07, 6.45) is -2.11. The molecule has 0 radical (unpaired) electrons. The largest absolute Gasteiger partial charge is 0.413 e. The average molecular weight is 598 g/mol. The zero-order chi connectivity index (χ0) is 30.4. The lowest BCUT2D eigenvalue weighted by atomic mass is 9.95. The van der Waals surface area contributed by atoms with Crippen LogP contribution in [0.3, 0.4) is 0 Å². The Balaban J connectivity index is 1.61. The van der Waals surface area contributed by atoms with Gasteiger partial charge in [0, 0.05) is 35.1 Å². The summed E-state index contributed by atoms with van der Waals surface area (Å²) in [5, 5.41) is 34.2. The van der Waals surface area contributed by atoms with Crippen LogP contribution >= 0.6 is 11.6 Å². The molecular weight excluding hydrogens is 574 g/mol. The molecular formula is C28H24ClF4N9. The Labute approximate surface area is 243 Å². The highest BCUT2D eigenvalue weighted by Crippen LogP contribution is 2.55. The van der Waals surface area contributed by atoms with Crippen molar-refractivity contribution in [1.82, 2.24) is 25.0 Å². The second-order valence-electron chi connectivity index (χ2n) is 10.9. The molecule has 9 nitrogen and oxygen atoms in total. The van der Waals surface area contributed by atoms with E-state index in [9.17, 15) is 28.1 Å². The van der Waals surface area contributed by atoms with Crippen LogP contribution in [0.4, 0.5) is 28.9 Å². The van der Waals surface area contributed by atoms with Gasteiger partial charge in [0.1, 0.15) is 11.8 Å². The molecule has 0 amide bonds. The topological polar surface area (TPSA) is 128 Å². The molecule has 1 fully saturated rings. The SMILES string of the molecule is Cc1nc(F)ccc1C(Nc1cc(Cl)c2ncc(C#N)c(NCC(C)(C)C#N)c2c1)c1cn(C2(C(F)(F)F)CC2)nn1. The average Bonchev–Trinajstić information content (AvgIpc) is 3.62. The third-order valence-electron chi connectivity index (χ3n) is 7.27.